The lowest BCUT2D eigenvalue weighted by atomic mass is 9.79. The summed E-state index contributed by atoms with van der Waals surface area (Å²) in [5, 5.41) is 0. The van der Waals surface area contributed by atoms with Gasteiger partial charge in [-0.2, -0.15) is 8.78 Å². The van der Waals surface area contributed by atoms with Crippen molar-refractivity contribution in [2.24, 2.45) is 11.1 Å². The zero-order valence-corrected chi connectivity index (χ0v) is 14.5. The molecule has 7 nitrogen and oxygen atoms in total. The fourth-order valence-electron chi connectivity index (χ4n) is 3.29. The first-order valence-corrected chi connectivity index (χ1v) is 8.36. The largest absolute Gasteiger partial charge is 0.454 e. The van der Waals surface area contributed by atoms with Crippen molar-refractivity contribution in [3.8, 4) is 17.2 Å². The minimum absolute atomic E-state index is 0.0119. The van der Waals surface area contributed by atoms with Crippen molar-refractivity contribution in [3.05, 3.63) is 17.7 Å². The number of alkyl halides is 2. The highest BCUT2D eigenvalue weighted by Gasteiger charge is 2.40. The summed E-state index contributed by atoms with van der Waals surface area (Å²) in [6, 6.07) is 2.91. The van der Waals surface area contributed by atoms with E-state index in [1.807, 2.05) is 0 Å². The van der Waals surface area contributed by atoms with Gasteiger partial charge in [-0.3, -0.25) is 4.79 Å². The Morgan fingerprint density at radius 2 is 1.96 bits per heavy atom. The van der Waals surface area contributed by atoms with Crippen LogP contribution in [0.15, 0.2) is 12.1 Å². The van der Waals surface area contributed by atoms with Crippen LogP contribution in [0.25, 0.3) is 0 Å². The molecule has 0 atom stereocenters. The summed E-state index contributed by atoms with van der Waals surface area (Å²) in [4.78, 5) is 14.4. The average Bonchev–Trinajstić information content (AvgIpc) is 3.08. The first-order chi connectivity index (χ1) is 12.4. The van der Waals surface area contributed by atoms with E-state index in [0.717, 1.165) is 0 Å². The number of ether oxygens (including phenoxy) is 4. The number of fused-ring (bicyclic) bond motifs is 1. The molecule has 2 aliphatic rings. The standard InChI is InChI=1S/C17H22F2N2O5/c1-21(15(22)17(9-20)2-4-23-5-3-17)8-11-6-13-14(25-10-24-13)7-12(11)26-16(18)19/h6-7,16H,2-5,8-10,20H2,1H3. The fraction of sp³-hybridized carbons (Fsp3) is 0.588. The predicted octanol–water partition coefficient (Wildman–Crippen LogP) is 1.73. The second kappa shape index (κ2) is 7.63. The number of hydrogen-bond acceptors (Lipinski definition) is 6. The molecule has 1 amide bonds. The van der Waals surface area contributed by atoms with E-state index in [1.54, 1.807) is 13.1 Å². The van der Waals surface area contributed by atoms with Crippen molar-refractivity contribution in [2.45, 2.75) is 26.0 Å². The first-order valence-electron chi connectivity index (χ1n) is 8.36. The number of carbonyl (C=O) groups is 1. The summed E-state index contributed by atoms with van der Waals surface area (Å²) in [5.74, 6) is 0.588. The van der Waals surface area contributed by atoms with Crippen LogP contribution in [0, 0.1) is 5.41 Å². The van der Waals surface area contributed by atoms with E-state index in [9.17, 15) is 13.6 Å². The molecule has 3 rings (SSSR count). The zero-order chi connectivity index (χ0) is 18.7. The summed E-state index contributed by atoms with van der Waals surface area (Å²) in [5.41, 5.74) is 5.60. The maximum atomic E-state index is 13.0. The minimum atomic E-state index is -2.99. The van der Waals surface area contributed by atoms with Gasteiger partial charge in [0.1, 0.15) is 5.75 Å². The number of nitrogens with zero attached hydrogens (tertiary/aromatic N) is 1. The molecule has 2 N–H and O–H groups in total. The Balaban J connectivity index is 1.81. The quantitative estimate of drug-likeness (QED) is 0.819. The monoisotopic (exact) mass is 372 g/mol. The average molecular weight is 372 g/mol. The van der Waals surface area contributed by atoms with Crippen molar-refractivity contribution in [1.29, 1.82) is 0 Å². The third-order valence-electron chi connectivity index (χ3n) is 4.82. The van der Waals surface area contributed by atoms with Crippen LogP contribution in [0.4, 0.5) is 8.78 Å². The molecule has 0 radical (unpaired) electrons. The van der Waals surface area contributed by atoms with Crippen molar-refractivity contribution in [3.63, 3.8) is 0 Å². The molecular formula is C17H22F2N2O5. The molecule has 0 bridgehead atoms. The molecular weight excluding hydrogens is 350 g/mol. The van der Waals surface area contributed by atoms with Gasteiger partial charge in [-0.15, -0.1) is 0 Å². The summed E-state index contributed by atoms with van der Waals surface area (Å²) < 4.78 is 45.9. The topological polar surface area (TPSA) is 83.2 Å². The molecule has 2 heterocycles. The van der Waals surface area contributed by atoms with E-state index in [1.165, 1.54) is 11.0 Å². The van der Waals surface area contributed by atoms with E-state index < -0.39 is 12.0 Å². The Bertz CT molecular complexity index is 665. The van der Waals surface area contributed by atoms with Crippen LogP contribution in [0.1, 0.15) is 18.4 Å². The van der Waals surface area contributed by atoms with Crippen LogP contribution >= 0.6 is 0 Å². The van der Waals surface area contributed by atoms with Gasteiger partial charge in [0.2, 0.25) is 12.7 Å². The second-order valence-electron chi connectivity index (χ2n) is 6.45. The van der Waals surface area contributed by atoms with E-state index in [2.05, 4.69) is 4.74 Å². The van der Waals surface area contributed by atoms with E-state index in [-0.39, 0.29) is 31.5 Å². The minimum Gasteiger partial charge on any atom is -0.454 e. The van der Waals surface area contributed by atoms with Gasteiger partial charge in [-0.25, -0.2) is 0 Å². The number of carbonyl (C=O) groups excluding carboxylic acids is 1. The summed E-state index contributed by atoms with van der Waals surface area (Å²) in [7, 11) is 1.62. The van der Waals surface area contributed by atoms with Gasteiger partial charge in [-0.05, 0) is 18.9 Å². The lowest BCUT2D eigenvalue weighted by Crippen LogP contribution is -2.49. The number of amides is 1. The van der Waals surface area contributed by atoms with Crippen LogP contribution in [0.3, 0.4) is 0 Å². The highest BCUT2D eigenvalue weighted by molar-refractivity contribution is 5.83. The molecule has 0 aliphatic carbocycles. The van der Waals surface area contributed by atoms with Crippen LogP contribution < -0.4 is 19.9 Å². The van der Waals surface area contributed by atoms with Gasteiger partial charge >= 0.3 is 6.61 Å². The molecule has 1 aromatic rings. The summed E-state index contributed by atoms with van der Waals surface area (Å²) in [6.45, 7) is -1.73. The number of rotatable bonds is 6. The SMILES string of the molecule is CN(Cc1cc2c(cc1OC(F)F)OCO2)C(=O)C1(CN)CCOCC1. The van der Waals surface area contributed by atoms with Crippen LogP contribution in [0.5, 0.6) is 17.2 Å². The van der Waals surface area contributed by atoms with Crippen molar-refractivity contribution in [2.75, 3.05) is 33.6 Å². The Morgan fingerprint density at radius 3 is 2.58 bits per heavy atom. The molecule has 2 aliphatic heterocycles. The van der Waals surface area contributed by atoms with E-state index in [0.29, 0.717) is 43.1 Å². The van der Waals surface area contributed by atoms with Gasteiger partial charge in [0.05, 0.1) is 5.41 Å². The van der Waals surface area contributed by atoms with Crippen molar-refractivity contribution >= 4 is 5.91 Å². The number of benzene rings is 1. The Hall–Kier alpha value is -2.13. The van der Waals surface area contributed by atoms with E-state index in [4.69, 9.17) is 19.9 Å². The van der Waals surface area contributed by atoms with Crippen LogP contribution in [-0.4, -0.2) is 51.0 Å². The van der Waals surface area contributed by atoms with Crippen molar-refractivity contribution < 1.29 is 32.5 Å². The third-order valence-corrected chi connectivity index (χ3v) is 4.82. The van der Waals surface area contributed by atoms with Crippen LogP contribution in [-0.2, 0) is 16.1 Å². The van der Waals surface area contributed by atoms with Gasteiger partial charge < -0.3 is 29.6 Å². The van der Waals surface area contributed by atoms with Crippen molar-refractivity contribution in [1.82, 2.24) is 4.90 Å². The number of nitrogens with two attached hydrogens (primary N) is 1. The Kier molecular flexibility index (Phi) is 5.47. The summed E-state index contributed by atoms with van der Waals surface area (Å²) >= 11 is 0. The zero-order valence-electron chi connectivity index (χ0n) is 14.5. The van der Waals surface area contributed by atoms with E-state index >= 15 is 0 Å². The molecule has 9 heteroatoms. The Labute approximate surface area is 149 Å². The van der Waals surface area contributed by atoms with Crippen LogP contribution in [0.2, 0.25) is 0 Å². The molecule has 144 valence electrons. The molecule has 1 fully saturated rings. The Morgan fingerprint density at radius 1 is 1.31 bits per heavy atom. The number of halogens is 2. The van der Waals surface area contributed by atoms with Gasteiger partial charge in [0.25, 0.3) is 0 Å². The molecule has 1 saturated heterocycles. The fourth-order valence-corrected chi connectivity index (χ4v) is 3.29. The maximum Gasteiger partial charge on any atom is 0.387 e. The normalized spacial score (nSPS) is 18.0. The lowest BCUT2D eigenvalue weighted by molar-refractivity contribution is -0.146. The first kappa shape index (κ1) is 18.7. The summed E-state index contributed by atoms with van der Waals surface area (Å²) in [6.07, 6.45) is 1.07. The number of hydrogen-bond donors (Lipinski definition) is 1. The highest BCUT2D eigenvalue weighted by Crippen LogP contribution is 2.40. The maximum absolute atomic E-state index is 13.0. The molecule has 1 aromatic carbocycles. The second-order valence-corrected chi connectivity index (χ2v) is 6.45. The molecule has 26 heavy (non-hydrogen) atoms. The highest BCUT2D eigenvalue weighted by atomic mass is 19.3. The molecule has 0 unspecified atom stereocenters. The van der Waals surface area contributed by atoms with Gasteiger partial charge in [-0.1, -0.05) is 0 Å². The predicted molar refractivity (Wildman–Crippen MR) is 87.2 cm³/mol. The molecule has 0 aromatic heterocycles. The third kappa shape index (κ3) is 3.68. The smallest absolute Gasteiger partial charge is 0.387 e. The molecule has 0 saturated carbocycles. The van der Waals surface area contributed by atoms with Gasteiger partial charge in [0, 0.05) is 45.0 Å². The van der Waals surface area contributed by atoms with Gasteiger partial charge in [0.15, 0.2) is 11.5 Å². The lowest BCUT2D eigenvalue weighted by Gasteiger charge is -2.37. The molecule has 0 spiro atoms.